The van der Waals surface area contributed by atoms with Crippen molar-refractivity contribution in [3.05, 3.63) is 0 Å². The largest absolute Gasteiger partial charge is 0.385 e. The maximum atomic E-state index is 4.81. The standard InChI is InChI=1S/C5H11NOS/c1-5(6-8)3-4-7-2/h5H,3-4H2,1-2H3/t5-/m0/s1. The average Bonchev–Trinajstić information content (AvgIpc) is 1.83. The number of hydrogen-bond donors (Lipinski definition) is 0. The van der Waals surface area contributed by atoms with Gasteiger partial charge < -0.3 is 4.74 Å². The average molecular weight is 133 g/mol. The van der Waals surface area contributed by atoms with Crippen LogP contribution in [0.25, 0.3) is 0 Å². The Kier molecular flexibility index (Phi) is 5.11. The van der Waals surface area contributed by atoms with Gasteiger partial charge in [-0.15, -0.1) is 0 Å². The zero-order valence-corrected chi connectivity index (χ0v) is 6.07. The summed E-state index contributed by atoms with van der Waals surface area (Å²) in [6, 6.07) is 0.268. The van der Waals surface area contributed by atoms with Crippen LogP contribution in [0.15, 0.2) is 4.36 Å². The minimum absolute atomic E-state index is 0.268. The summed E-state index contributed by atoms with van der Waals surface area (Å²) in [4.78, 5) is 0. The van der Waals surface area contributed by atoms with Crippen LogP contribution >= 0.6 is 0 Å². The van der Waals surface area contributed by atoms with Crippen LogP contribution < -0.4 is 0 Å². The first-order valence-electron chi connectivity index (χ1n) is 2.62. The number of rotatable bonds is 4. The van der Waals surface area contributed by atoms with Gasteiger partial charge in [-0.05, 0) is 13.3 Å². The predicted octanol–water partition coefficient (Wildman–Crippen LogP) is 1.14. The fourth-order valence-corrected chi connectivity index (χ4v) is 0.447. The topological polar surface area (TPSA) is 21.6 Å². The van der Waals surface area contributed by atoms with Gasteiger partial charge in [0.1, 0.15) is 0 Å². The fourth-order valence-electron chi connectivity index (χ4n) is 0.341. The van der Waals surface area contributed by atoms with Gasteiger partial charge in [0, 0.05) is 26.1 Å². The molecule has 0 amide bonds. The SMILES string of the molecule is COCC[C@H](C)N=S. The molecule has 0 aromatic heterocycles. The van der Waals surface area contributed by atoms with Gasteiger partial charge in [-0.2, -0.15) is 0 Å². The van der Waals surface area contributed by atoms with E-state index in [1.165, 1.54) is 0 Å². The van der Waals surface area contributed by atoms with Gasteiger partial charge in [-0.3, -0.25) is 0 Å². The van der Waals surface area contributed by atoms with Crippen molar-refractivity contribution in [2.24, 2.45) is 4.36 Å². The summed E-state index contributed by atoms with van der Waals surface area (Å²) in [5.74, 6) is 0. The highest BCUT2D eigenvalue weighted by molar-refractivity contribution is 7.47. The Hall–Kier alpha value is -0.0200. The smallest absolute Gasteiger partial charge is 0.0624 e. The molecule has 0 fully saturated rings. The Balaban J connectivity index is 2.98. The molecule has 0 N–H and O–H groups in total. The van der Waals surface area contributed by atoms with Crippen LogP contribution in [0.3, 0.4) is 0 Å². The Morgan fingerprint density at radius 3 is 2.75 bits per heavy atom. The van der Waals surface area contributed by atoms with E-state index in [4.69, 9.17) is 4.74 Å². The van der Waals surface area contributed by atoms with Gasteiger partial charge in [0.05, 0.1) is 6.04 Å². The van der Waals surface area contributed by atoms with Crippen LogP contribution in [0.4, 0.5) is 0 Å². The third kappa shape index (κ3) is 4.15. The molecule has 0 heterocycles. The molecule has 0 aliphatic heterocycles. The molecule has 0 radical (unpaired) electrons. The first kappa shape index (κ1) is 7.98. The summed E-state index contributed by atoms with van der Waals surface area (Å²) in [5.41, 5.74) is 0. The molecule has 1 atom stereocenters. The molecule has 0 saturated heterocycles. The maximum absolute atomic E-state index is 4.81. The van der Waals surface area contributed by atoms with Crippen molar-refractivity contribution in [2.75, 3.05) is 13.7 Å². The molecule has 0 spiro atoms. The molecule has 0 aliphatic rings. The maximum Gasteiger partial charge on any atom is 0.0624 e. The van der Waals surface area contributed by atoms with Crippen LogP contribution in [0.5, 0.6) is 0 Å². The highest BCUT2D eigenvalue weighted by Gasteiger charge is 1.94. The van der Waals surface area contributed by atoms with Crippen LogP contribution in [0, 0.1) is 0 Å². The van der Waals surface area contributed by atoms with Gasteiger partial charge in [-0.1, -0.05) is 0 Å². The molecule has 0 unspecified atom stereocenters. The van der Waals surface area contributed by atoms with Crippen molar-refractivity contribution in [3.8, 4) is 0 Å². The minimum atomic E-state index is 0.268. The van der Waals surface area contributed by atoms with Gasteiger partial charge in [-0.25, -0.2) is 4.36 Å². The van der Waals surface area contributed by atoms with E-state index in [0.717, 1.165) is 13.0 Å². The van der Waals surface area contributed by atoms with Crippen molar-refractivity contribution < 1.29 is 4.74 Å². The molecule has 8 heavy (non-hydrogen) atoms. The molecule has 48 valence electrons. The molecule has 0 aliphatic carbocycles. The van der Waals surface area contributed by atoms with E-state index in [9.17, 15) is 0 Å². The number of hydrogen-bond acceptors (Lipinski definition) is 3. The van der Waals surface area contributed by atoms with E-state index in [1.807, 2.05) is 6.92 Å². The summed E-state index contributed by atoms with van der Waals surface area (Å²) in [6.45, 7) is 2.73. The third-order valence-electron chi connectivity index (χ3n) is 0.920. The van der Waals surface area contributed by atoms with Crippen molar-refractivity contribution in [1.29, 1.82) is 0 Å². The summed E-state index contributed by atoms with van der Waals surface area (Å²) in [6.07, 6.45) is 0.931. The lowest BCUT2D eigenvalue weighted by atomic mass is 10.3. The van der Waals surface area contributed by atoms with Crippen LogP contribution in [0.1, 0.15) is 13.3 Å². The van der Waals surface area contributed by atoms with Crippen molar-refractivity contribution in [3.63, 3.8) is 0 Å². The van der Waals surface area contributed by atoms with Gasteiger partial charge in [0.2, 0.25) is 0 Å². The molecule has 3 heteroatoms. The number of methoxy groups -OCH3 is 1. The minimum Gasteiger partial charge on any atom is -0.385 e. The van der Waals surface area contributed by atoms with E-state index in [-0.39, 0.29) is 6.04 Å². The molecule has 2 nitrogen and oxygen atoms in total. The highest BCUT2D eigenvalue weighted by Crippen LogP contribution is 1.93. The quantitative estimate of drug-likeness (QED) is 0.573. The first-order valence-corrected chi connectivity index (χ1v) is 2.99. The van der Waals surface area contributed by atoms with Crippen LogP contribution in [-0.2, 0) is 17.2 Å². The Morgan fingerprint density at radius 1 is 1.75 bits per heavy atom. The molecule has 0 bridgehead atoms. The second kappa shape index (κ2) is 5.12. The monoisotopic (exact) mass is 133 g/mol. The molecule has 0 aromatic carbocycles. The lowest BCUT2D eigenvalue weighted by Crippen LogP contribution is -2.00. The zero-order valence-electron chi connectivity index (χ0n) is 5.26. The summed E-state index contributed by atoms with van der Waals surface area (Å²) >= 11 is 4.46. The number of nitrogens with zero attached hydrogens (tertiary/aromatic N) is 1. The van der Waals surface area contributed by atoms with Gasteiger partial charge in [0.25, 0.3) is 0 Å². The van der Waals surface area contributed by atoms with Gasteiger partial charge >= 0.3 is 0 Å². The fraction of sp³-hybridized carbons (Fsp3) is 1.00. The molecule has 0 saturated carbocycles. The Morgan fingerprint density at radius 2 is 2.38 bits per heavy atom. The molecule has 0 rings (SSSR count). The Labute approximate surface area is 55.4 Å². The normalized spacial score (nSPS) is 13.2. The number of ether oxygens (including phenoxy) is 1. The van der Waals surface area contributed by atoms with Crippen molar-refractivity contribution >= 4 is 12.4 Å². The summed E-state index contributed by atoms with van der Waals surface area (Å²) < 4.78 is 8.44. The van der Waals surface area contributed by atoms with Crippen molar-refractivity contribution in [2.45, 2.75) is 19.4 Å². The second-order valence-electron chi connectivity index (χ2n) is 1.74. The molecular weight excluding hydrogens is 122 g/mol. The predicted molar refractivity (Wildman–Crippen MR) is 35.7 cm³/mol. The van der Waals surface area contributed by atoms with E-state index < -0.39 is 0 Å². The van der Waals surface area contributed by atoms with Gasteiger partial charge in [0.15, 0.2) is 0 Å². The highest BCUT2D eigenvalue weighted by atomic mass is 32.1. The molecular formula is C5H11NOS. The second-order valence-corrected chi connectivity index (χ2v) is 1.95. The lowest BCUT2D eigenvalue weighted by Gasteiger charge is -1.99. The molecule has 0 aromatic rings. The third-order valence-corrected chi connectivity index (χ3v) is 1.28. The van der Waals surface area contributed by atoms with E-state index in [1.54, 1.807) is 7.11 Å². The van der Waals surface area contributed by atoms with E-state index >= 15 is 0 Å². The Bertz CT molecular complexity index is 67.4. The summed E-state index contributed by atoms with van der Waals surface area (Å²) in [7, 11) is 1.68. The lowest BCUT2D eigenvalue weighted by molar-refractivity contribution is 0.190. The van der Waals surface area contributed by atoms with E-state index in [2.05, 4.69) is 16.8 Å². The van der Waals surface area contributed by atoms with Crippen LogP contribution in [-0.4, -0.2) is 19.8 Å². The summed E-state index contributed by atoms with van der Waals surface area (Å²) in [5, 5.41) is 0. The zero-order chi connectivity index (χ0) is 6.41. The first-order chi connectivity index (χ1) is 3.81. The van der Waals surface area contributed by atoms with E-state index in [0.29, 0.717) is 0 Å². The van der Waals surface area contributed by atoms with Crippen molar-refractivity contribution in [1.82, 2.24) is 0 Å². The van der Waals surface area contributed by atoms with Crippen LogP contribution in [0.2, 0.25) is 0 Å².